The third-order valence-electron chi connectivity index (χ3n) is 12.1. The molecular formula is C55H39NS. The van der Waals surface area contributed by atoms with E-state index in [-0.39, 0.29) is 5.41 Å². The topological polar surface area (TPSA) is 3.24 Å². The van der Waals surface area contributed by atoms with Crippen molar-refractivity contribution >= 4 is 59.3 Å². The summed E-state index contributed by atoms with van der Waals surface area (Å²) in [6.07, 6.45) is 0. The number of para-hydroxylation sites is 1. The van der Waals surface area contributed by atoms with Crippen molar-refractivity contribution in [3.8, 4) is 44.5 Å². The molecule has 0 atom stereocenters. The van der Waals surface area contributed by atoms with Crippen LogP contribution in [0.5, 0.6) is 0 Å². The van der Waals surface area contributed by atoms with Gasteiger partial charge in [0.05, 0.1) is 5.69 Å². The van der Waals surface area contributed by atoms with Gasteiger partial charge in [-0.15, -0.1) is 11.3 Å². The maximum Gasteiger partial charge on any atom is 0.0540 e. The maximum absolute atomic E-state index is 2.47. The number of fused-ring (bicyclic) bond motifs is 7. The van der Waals surface area contributed by atoms with Crippen molar-refractivity contribution in [3.63, 3.8) is 0 Å². The van der Waals surface area contributed by atoms with E-state index in [4.69, 9.17) is 0 Å². The Bertz CT molecular complexity index is 3160. The van der Waals surface area contributed by atoms with Gasteiger partial charge in [-0.3, -0.25) is 0 Å². The van der Waals surface area contributed by atoms with Crippen LogP contribution < -0.4 is 4.90 Å². The van der Waals surface area contributed by atoms with Crippen molar-refractivity contribution in [2.75, 3.05) is 4.90 Å². The van der Waals surface area contributed by atoms with Crippen molar-refractivity contribution in [3.05, 3.63) is 211 Å². The quantitative estimate of drug-likeness (QED) is 0.164. The SMILES string of the molecule is CC1(C)c2cc(-c3cccc4ccccc34)ccc2-c2ccc(N(c3cccc(-c4cccc5c4sc4ccccc45)c3)c3ccccc3-c3ccccc3)cc21. The van der Waals surface area contributed by atoms with E-state index in [2.05, 4.69) is 219 Å². The second-order valence-corrected chi connectivity index (χ2v) is 16.7. The third-order valence-corrected chi connectivity index (χ3v) is 13.3. The lowest BCUT2D eigenvalue weighted by atomic mass is 9.81. The Balaban J connectivity index is 1.08. The van der Waals surface area contributed by atoms with Gasteiger partial charge in [-0.05, 0) is 103 Å². The number of anilines is 3. The Kier molecular flexibility index (Phi) is 7.77. The van der Waals surface area contributed by atoms with Gasteiger partial charge in [0.25, 0.3) is 0 Å². The summed E-state index contributed by atoms with van der Waals surface area (Å²) in [6.45, 7) is 4.78. The Hall–Kier alpha value is -6.74. The highest BCUT2D eigenvalue weighted by molar-refractivity contribution is 7.26. The summed E-state index contributed by atoms with van der Waals surface area (Å²) in [5, 5.41) is 5.19. The average Bonchev–Trinajstić information content (AvgIpc) is 3.76. The number of benzene rings is 9. The largest absolute Gasteiger partial charge is 0.310 e. The fraction of sp³-hybridized carbons (Fsp3) is 0.0545. The smallest absolute Gasteiger partial charge is 0.0540 e. The number of hydrogen-bond acceptors (Lipinski definition) is 2. The molecule has 0 N–H and O–H groups in total. The molecule has 11 rings (SSSR count). The summed E-state index contributed by atoms with van der Waals surface area (Å²) in [5.41, 5.74) is 16.0. The van der Waals surface area contributed by atoms with E-state index in [9.17, 15) is 0 Å². The Morgan fingerprint density at radius 2 is 0.982 bits per heavy atom. The van der Waals surface area contributed by atoms with E-state index in [0.717, 1.165) is 17.1 Å². The van der Waals surface area contributed by atoms with Crippen molar-refractivity contribution < 1.29 is 0 Å². The molecule has 2 heteroatoms. The van der Waals surface area contributed by atoms with Gasteiger partial charge < -0.3 is 4.90 Å². The molecule has 0 unspecified atom stereocenters. The van der Waals surface area contributed by atoms with E-state index < -0.39 is 0 Å². The summed E-state index contributed by atoms with van der Waals surface area (Å²) < 4.78 is 2.65. The van der Waals surface area contributed by atoms with E-state index in [1.807, 2.05) is 11.3 Å². The zero-order chi connectivity index (χ0) is 38.1. The van der Waals surface area contributed by atoms with Crippen molar-refractivity contribution in [1.29, 1.82) is 0 Å². The molecule has 0 aliphatic heterocycles. The molecule has 1 aliphatic carbocycles. The van der Waals surface area contributed by atoms with Crippen LogP contribution in [0.4, 0.5) is 17.1 Å². The molecule has 0 bridgehead atoms. The van der Waals surface area contributed by atoms with Crippen LogP contribution in [0, 0.1) is 0 Å². The highest BCUT2D eigenvalue weighted by Gasteiger charge is 2.36. The molecule has 0 saturated heterocycles. The molecule has 0 spiro atoms. The summed E-state index contributed by atoms with van der Waals surface area (Å²) in [6, 6.07) is 73.8. The molecule has 9 aromatic carbocycles. The fourth-order valence-electron chi connectivity index (χ4n) is 9.25. The Morgan fingerprint density at radius 1 is 0.386 bits per heavy atom. The van der Waals surface area contributed by atoms with Crippen LogP contribution in [0.3, 0.4) is 0 Å². The molecule has 1 aliphatic rings. The summed E-state index contributed by atoms with van der Waals surface area (Å²) >= 11 is 1.88. The van der Waals surface area contributed by atoms with Gasteiger partial charge in [0.15, 0.2) is 0 Å². The lowest BCUT2D eigenvalue weighted by molar-refractivity contribution is 0.660. The van der Waals surface area contributed by atoms with Crippen LogP contribution in [-0.4, -0.2) is 0 Å². The first-order valence-corrected chi connectivity index (χ1v) is 20.6. The first kappa shape index (κ1) is 33.6. The highest BCUT2D eigenvalue weighted by Crippen LogP contribution is 2.53. The first-order chi connectivity index (χ1) is 28.0. The third kappa shape index (κ3) is 5.44. The van der Waals surface area contributed by atoms with Gasteiger partial charge in [0, 0.05) is 42.5 Å². The average molecular weight is 746 g/mol. The summed E-state index contributed by atoms with van der Waals surface area (Å²) in [4.78, 5) is 2.47. The highest BCUT2D eigenvalue weighted by atomic mass is 32.1. The zero-order valence-corrected chi connectivity index (χ0v) is 32.7. The molecule has 0 saturated carbocycles. The lowest BCUT2D eigenvalue weighted by Crippen LogP contribution is -2.17. The Labute approximate surface area is 337 Å². The monoisotopic (exact) mass is 745 g/mol. The predicted octanol–water partition coefficient (Wildman–Crippen LogP) is 16.0. The van der Waals surface area contributed by atoms with E-state index in [0.29, 0.717) is 0 Å². The molecular weight excluding hydrogens is 707 g/mol. The fourth-order valence-corrected chi connectivity index (χ4v) is 10.5. The molecule has 10 aromatic rings. The van der Waals surface area contributed by atoms with Crippen LogP contribution in [0.1, 0.15) is 25.0 Å². The number of hydrogen-bond donors (Lipinski definition) is 0. The normalized spacial score (nSPS) is 12.9. The lowest BCUT2D eigenvalue weighted by Gasteiger charge is -2.30. The number of nitrogens with zero attached hydrogens (tertiary/aromatic N) is 1. The minimum atomic E-state index is -0.204. The summed E-state index contributed by atoms with van der Waals surface area (Å²) in [5.74, 6) is 0. The molecule has 1 nitrogen and oxygen atoms in total. The van der Waals surface area contributed by atoms with Crippen molar-refractivity contribution in [2.24, 2.45) is 0 Å². The van der Waals surface area contributed by atoms with Crippen LogP contribution in [0.25, 0.3) is 75.5 Å². The minimum absolute atomic E-state index is 0.204. The van der Waals surface area contributed by atoms with Crippen molar-refractivity contribution in [2.45, 2.75) is 19.3 Å². The Morgan fingerprint density at radius 3 is 1.88 bits per heavy atom. The molecule has 0 amide bonds. The van der Waals surface area contributed by atoms with Crippen LogP contribution in [0.15, 0.2) is 200 Å². The van der Waals surface area contributed by atoms with E-state index in [1.165, 1.54) is 86.6 Å². The van der Waals surface area contributed by atoms with Crippen LogP contribution >= 0.6 is 11.3 Å². The van der Waals surface area contributed by atoms with Crippen LogP contribution in [-0.2, 0) is 5.41 Å². The van der Waals surface area contributed by atoms with Gasteiger partial charge in [0.1, 0.15) is 0 Å². The summed E-state index contributed by atoms with van der Waals surface area (Å²) in [7, 11) is 0. The van der Waals surface area contributed by atoms with Gasteiger partial charge >= 0.3 is 0 Å². The predicted molar refractivity (Wildman–Crippen MR) is 245 cm³/mol. The first-order valence-electron chi connectivity index (χ1n) is 19.8. The van der Waals surface area contributed by atoms with Gasteiger partial charge in [-0.1, -0.05) is 172 Å². The van der Waals surface area contributed by atoms with Crippen molar-refractivity contribution in [1.82, 2.24) is 0 Å². The number of rotatable bonds is 6. The van der Waals surface area contributed by atoms with E-state index >= 15 is 0 Å². The molecule has 0 fully saturated rings. The molecule has 270 valence electrons. The van der Waals surface area contributed by atoms with Gasteiger partial charge in [0.2, 0.25) is 0 Å². The van der Waals surface area contributed by atoms with Gasteiger partial charge in [-0.2, -0.15) is 0 Å². The second kappa shape index (κ2) is 13.2. The van der Waals surface area contributed by atoms with Crippen LogP contribution in [0.2, 0.25) is 0 Å². The van der Waals surface area contributed by atoms with E-state index in [1.54, 1.807) is 0 Å². The zero-order valence-electron chi connectivity index (χ0n) is 31.9. The number of thiophene rings is 1. The molecule has 57 heavy (non-hydrogen) atoms. The molecule has 0 radical (unpaired) electrons. The standard InChI is InChI=1S/C55H39NS/c1-55(2)50-34-39(43-24-13-18-36-17-6-7-21-42(36)43)29-31-46(50)47-32-30-41(35-51(47)55)56(52-27-10-8-22-44(52)37-15-4-3-5-16-37)40-20-12-19-38(33-40)45-25-14-26-49-48-23-9-11-28-53(48)57-54(45)49/h3-35H,1-2H3. The second-order valence-electron chi connectivity index (χ2n) is 15.7. The molecule has 1 aromatic heterocycles. The van der Waals surface area contributed by atoms with Gasteiger partial charge in [-0.25, -0.2) is 0 Å². The molecule has 1 heterocycles. The maximum atomic E-state index is 2.47. The minimum Gasteiger partial charge on any atom is -0.310 e.